The first-order valence-electron chi connectivity index (χ1n) is 7.71. The van der Waals surface area contributed by atoms with Crippen molar-refractivity contribution >= 4 is 23.0 Å². The molecule has 0 saturated heterocycles. The van der Waals surface area contributed by atoms with Crippen LogP contribution in [0, 0.1) is 27.7 Å². The van der Waals surface area contributed by atoms with Gasteiger partial charge in [-0.3, -0.25) is 9.59 Å². The van der Waals surface area contributed by atoms with Crippen molar-refractivity contribution in [1.82, 2.24) is 0 Å². The van der Waals surface area contributed by atoms with Gasteiger partial charge >= 0.3 is 0 Å². The summed E-state index contributed by atoms with van der Waals surface area (Å²) in [6.45, 7) is 7.84. The number of aryl methyl sites for hydroxylation is 4. The molecule has 0 saturated carbocycles. The van der Waals surface area contributed by atoms with E-state index in [1.807, 2.05) is 52.0 Å². The zero-order chi connectivity index (χ0) is 18.0. The smallest absolute Gasteiger partial charge is 0.250 e. The molecule has 0 atom stereocenters. The highest BCUT2D eigenvalue weighted by Crippen LogP contribution is 2.28. The van der Waals surface area contributed by atoms with Crippen molar-refractivity contribution in [3.05, 3.63) is 69.8 Å². The minimum atomic E-state index is -0.676. The van der Waals surface area contributed by atoms with Crippen molar-refractivity contribution in [3.8, 4) is 0 Å². The van der Waals surface area contributed by atoms with Crippen LogP contribution in [-0.4, -0.2) is 11.8 Å². The van der Waals surface area contributed by atoms with Crippen LogP contribution in [0.5, 0.6) is 0 Å². The van der Waals surface area contributed by atoms with E-state index in [1.54, 1.807) is 12.1 Å². The molecule has 0 aliphatic rings. The van der Waals surface area contributed by atoms with E-state index in [0.717, 1.165) is 22.3 Å². The lowest BCUT2D eigenvalue weighted by atomic mass is 9.90. The number of rotatable bonds is 4. The lowest BCUT2D eigenvalue weighted by Crippen LogP contribution is -2.21. The number of amides is 2. The van der Waals surface area contributed by atoms with Gasteiger partial charge in [0.25, 0.3) is 0 Å². The van der Waals surface area contributed by atoms with E-state index in [1.165, 1.54) is 0 Å². The Bertz CT molecular complexity index is 792. The van der Waals surface area contributed by atoms with Gasteiger partial charge in [-0.25, -0.2) is 0 Å². The Hall–Kier alpha value is -2.88. The molecule has 4 nitrogen and oxygen atoms in total. The van der Waals surface area contributed by atoms with Crippen LogP contribution in [0.15, 0.2) is 36.4 Å². The highest BCUT2D eigenvalue weighted by molar-refractivity contribution is 6.39. The second-order valence-electron chi connectivity index (χ2n) is 6.08. The van der Waals surface area contributed by atoms with Crippen LogP contribution >= 0.6 is 0 Å². The minimum Gasteiger partial charge on any atom is -0.366 e. The molecule has 0 spiro atoms. The van der Waals surface area contributed by atoms with Gasteiger partial charge in [0, 0.05) is 0 Å². The molecule has 0 aliphatic carbocycles. The zero-order valence-electron chi connectivity index (χ0n) is 14.4. The highest BCUT2D eigenvalue weighted by Gasteiger charge is 2.21. The number of hydrogen-bond donors (Lipinski definition) is 2. The fourth-order valence-electron chi connectivity index (χ4n) is 2.61. The van der Waals surface area contributed by atoms with Crippen molar-refractivity contribution in [1.29, 1.82) is 0 Å². The lowest BCUT2D eigenvalue weighted by Gasteiger charge is -2.14. The number of hydrogen-bond acceptors (Lipinski definition) is 2. The monoisotopic (exact) mass is 322 g/mol. The van der Waals surface area contributed by atoms with Crippen molar-refractivity contribution < 1.29 is 9.59 Å². The third-order valence-corrected chi connectivity index (χ3v) is 4.33. The molecule has 2 amide bonds. The van der Waals surface area contributed by atoms with Crippen molar-refractivity contribution in [2.75, 3.05) is 0 Å². The Balaban J connectivity index is 2.81. The van der Waals surface area contributed by atoms with E-state index in [2.05, 4.69) is 0 Å². The number of carbonyl (C=O) groups excluding carboxylic acids is 2. The summed E-state index contributed by atoms with van der Waals surface area (Å²) >= 11 is 0. The normalized spacial score (nSPS) is 11.8. The average molecular weight is 322 g/mol. The van der Waals surface area contributed by atoms with Gasteiger partial charge in [0.05, 0.1) is 11.1 Å². The van der Waals surface area contributed by atoms with Gasteiger partial charge < -0.3 is 11.5 Å². The average Bonchev–Trinajstić information content (AvgIpc) is 2.50. The van der Waals surface area contributed by atoms with E-state index in [-0.39, 0.29) is 11.1 Å². The van der Waals surface area contributed by atoms with Gasteiger partial charge in [0.15, 0.2) is 0 Å². The zero-order valence-corrected chi connectivity index (χ0v) is 14.4. The van der Waals surface area contributed by atoms with Gasteiger partial charge in [-0.05, 0) is 61.1 Å². The number of primary amides is 2. The molecule has 0 heterocycles. The van der Waals surface area contributed by atoms with E-state index >= 15 is 0 Å². The molecule has 2 aromatic rings. The highest BCUT2D eigenvalue weighted by atomic mass is 16.2. The Kier molecular flexibility index (Phi) is 4.88. The molecular weight excluding hydrogens is 300 g/mol. The quantitative estimate of drug-likeness (QED) is 0.670. The molecule has 0 fully saturated rings. The molecule has 0 aromatic heterocycles. The molecule has 4 heteroatoms. The van der Waals surface area contributed by atoms with Crippen LogP contribution in [0.25, 0.3) is 11.1 Å². The van der Waals surface area contributed by atoms with Crippen LogP contribution < -0.4 is 11.5 Å². The summed E-state index contributed by atoms with van der Waals surface area (Å²) in [7, 11) is 0. The Labute approximate surface area is 142 Å². The van der Waals surface area contributed by atoms with Crippen LogP contribution in [0.4, 0.5) is 0 Å². The van der Waals surface area contributed by atoms with Crippen molar-refractivity contribution in [2.45, 2.75) is 27.7 Å². The lowest BCUT2D eigenvalue weighted by molar-refractivity contribution is -0.114. The second-order valence-corrected chi connectivity index (χ2v) is 6.08. The van der Waals surface area contributed by atoms with Crippen LogP contribution in [0.1, 0.15) is 33.4 Å². The second kappa shape index (κ2) is 6.71. The number of carbonyl (C=O) groups is 2. The molecule has 24 heavy (non-hydrogen) atoms. The van der Waals surface area contributed by atoms with Gasteiger partial charge in [-0.15, -0.1) is 0 Å². The Morgan fingerprint density at radius 1 is 0.625 bits per heavy atom. The fourth-order valence-corrected chi connectivity index (χ4v) is 2.61. The molecule has 2 aromatic carbocycles. The summed E-state index contributed by atoms with van der Waals surface area (Å²) in [6, 6.07) is 11.1. The predicted octanol–water partition coefficient (Wildman–Crippen LogP) is 2.80. The largest absolute Gasteiger partial charge is 0.366 e. The molecule has 0 radical (unpaired) electrons. The van der Waals surface area contributed by atoms with Crippen LogP contribution in [0.3, 0.4) is 0 Å². The summed E-state index contributed by atoms with van der Waals surface area (Å²) in [5.74, 6) is -1.35. The first-order valence-corrected chi connectivity index (χ1v) is 7.71. The Morgan fingerprint density at radius 3 is 1.21 bits per heavy atom. The van der Waals surface area contributed by atoms with Gasteiger partial charge in [-0.1, -0.05) is 36.4 Å². The summed E-state index contributed by atoms with van der Waals surface area (Å²) in [4.78, 5) is 24.2. The molecule has 0 bridgehead atoms. The molecular formula is C20H22N2O2. The predicted molar refractivity (Wildman–Crippen MR) is 97.0 cm³/mol. The summed E-state index contributed by atoms with van der Waals surface area (Å²) in [5, 5.41) is 0. The Morgan fingerprint density at radius 2 is 0.958 bits per heavy atom. The molecule has 4 N–H and O–H groups in total. The summed E-state index contributed by atoms with van der Waals surface area (Å²) in [5.41, 5.74) is 16.9. The van der Waals surface area contributed by atoms with E-state index < -0.39 is 11.8 Å². The number of benzene rings is 2. The molecule has 2 rings (SSSR count). The van der Waals surface area contributed by atoms with Crippen LogP contribution in [0.2, 0.25) is 0 Å². The number of nitrogens with two attached hydrogens (primary N) is 2. The van der Waals surface area contributed by atoms with Gasteiger partial charge in [-0.2, -0.15) is 0 Å². The molecule has 124 valence electrons. The topological polar surface area (TPSA) is 86.2 Å². The molecule has 0 unspecified atom stereocenters. The SMILES string of the molecule is Cc1ccc(C(C(N)=O)=C(C(N)=O)c2ccc(C)c(C)c2)cc1C. The van der Waals surface area contributed by atoms with E-state index in [4.69, 9.17) is 11.5 Å². The van der Waals surface area contributed by atoms with Crippen molar-refractivity contribution in [2.24, 2.45) is 11.5 Å². The standard InChI is InChI=1S/C20H22N2O2/c1-11-5-7-15(9-13(11)3)17(19(21)23)18(20(22)24)16-8-6-12(2)14(4)10-16/h5-10H,1-4H3,(H2,21,23)(H2,22,24). The van der Waals surface area contributed by atoms with Gasteiger partial charge in [0.2, 0.25) is 11.8 Å². The first kappa shape index (κ1) is 17.5. The third kappa shape index (κ3) is 3.38. The van der Waals surface area contributed by atoms with E-state index in [9.17, 15) is 9.59 Å². The molecule has 0 aliphatic heterocycles. The fraction of sp³-hybridized carbons (Fsp3) is 0.200. The van der Waals surface area contributed by atoms with E-state index in [0.29, 0.717) is 11.1 Å². The minimum absolute atomic E-state index is 0.147. The van der Waals surface area contributed by atoms with Crippen LogP contribution in [-0.2, 0) is 9.59 Å². The third-order valence-electron chi connectivity index (χ3n) is 4.33. The maximum absolute atomic E-state index is 12.1. The summed E-state index contributed by atoms with van der Waals surface area (Å²) in [6.07, 6.45) is 0. The summed E-state index contributed by atoms with van der Waals surface area (Å²) < 4.78 is 0. The van der Waals surface area contributed by atoms with Crippen molar-refractivity contribution in [3.63, 3.8) is 0 Å². The van der Waals surface area contributed by atoms with Gasteiger partial charge in [0.1, 0.15) is 0 Å². The first-order chi connectivity index (χ1) is 11.2. The maximum atomic E-state index is 12.1. The maximum Gasteiger partial charge on any atom is 0.250 e.